The first kappa shape index (κ1) is 4.69. The van der Waals surface area contributed by atoms with Crippen LogP contribution in [0.3, 0.4) is 0 Å². The lowest BCUT2D eigenvalue weighted by atomic mass is 10.6. The van der Waals surface area contributed by atoms with E-state index in [2.05, 4.69) is 20.7 Å². The molecule has 8 heavy (non-hydrogen) atoms. The summed E-state index contributed by atoms with van der Waals surface area (Å²) in [5, 5.41) is 11.2. The predicted molar refractivity (Wildman–Crippen MR) is 19.7 cm³/mol. The molecule has 0 aliphatic carbocycles. The Hall–Kier alpha value is -1.46. The summed E-state index contributed by atoms with van der Waals surface area (Å²) in [5.41, 5.74) is 0. The van der Waals surface area contributed by atoms with Gasteiger partial charge in [-0.1, -0.05) is 10.2 Å². The molecule has 0 radical (unpaired) electrons. The molecule has 0 aromatic carbocycles. The second-order valence-corrected chi connectivity index (χ2v) is 0.989. The van der Waals surface area contributed by atoms with Crippen LogP contribution < -0.4 is 0 Å². The summed E-state index contributed by atoms with van der Waals surface area (Å²) in [6, 6.07) is 0. The van der Waals surface area contributed by atoms with Crippen LogP contribution in [0.25, 0.3) is 0 Å². The Morgan fingerprint density at radius 1 is 0.875 bits per heavy atom. The molecule has 1 aliphatic rings. The monoisotopic (exact) mass is 112 g/mol. The third-order valence-corrected chi connectivity index (χ3v) is 0.494. The van der Waals surface area contributed by atoms with E-state index in [1.165, 1.54) is 0 Å². The first-order chi connectivity index (χ1) is 3.80. The molecular formula is C2N4O2. The van der Waals surface area contributed by atoms with Gasteiger partial charge in [0.05, 0.1) is 0 Å². The van der Waals surface area contributed by atoms with E-state index in [1.807, 2.05) is 0 Å². The van der Waals surface area contributed by atoms with E-state index >= 15 is 0 Å². The molecule has 1 rings (SSSR count). The van der Waals surface area contributed by atoms with Crippen LogP contribution in [0.2, 0.25) is 0 Å². The van der Waals surface area contributed by atoms with Crippen LogP contribution >= 0.6 is 0 Å². The Balaban J connectivity index is 2.89. The van der Waals surface area contributed by atoms with Gasteiger partial charge in [-0.15, -0.1) is 0 Å². The van der Waals surface area contributed by atoms with Gasteiger partial charge in [0.2, 0.25) is 0 Å². The normalized spacial score (nSPS) is 17.5. The highest BCUT2D eigenvalue weighted by Gasteiger charge is 2.13. The Labute approximate surface area is 43.3 Å². The topological polar surface area (TPSA) is 83.6 Å². The van der Waals surface area contributed by atoms with Gasteiger partial charge in [0, 0.05) is 0 Å². The van der Waals surface area contributed by atoms with Gasteiger partial charge in [0.25, 0.3) is 0 Å². The molecule has 6 heteroatoms. The van der Waals surface area contributed by atoms with Gasteiger partial charge in [-0.3, -0.25) is 9.59 Å². The molecule has 6 nitrogen and oxygen atoms in total. The van der Waals surface area contributed by atoms with E-state index in [0.29, 0.717) is 0 Å². The largest absolute Gasteiger partial charge is 0.358 e. The third-order valence-electron chi connectivity index (χ3n) is 0.494. The van der Waals surface area contributed by atoms with Gasteiger partial charge in [-0.05, 0) is 10.4 Å². The zero-order valence-electron chi connectivity index (χ0n) is 3.61. The van der Waals surface area contributed by atoms with Gasteiger partial charge in [0.15, 0.2) is 0 Å². The quantitative estimate of drug-likeness (QED) is 0.409. The van der Waals surface area contributed by atoms with Crippen molar-refractivity contribution in [2.75, 3.05) is 0 Å². The van der Waals surface area contributed by atoms with Crippen LogP contribution in [0, 0.1) is 0 Å². The zero-order valence-corrected chi connectivity index (χ0v) is 3.61. The Morgan fingerprint density at radius 3 is 1.50 bits per heavy atom. The van der Waals surface area contributed by atoms with E-state index in [0.717, 1.165) is 0 Å². The summed E-state index contributed by atoms with van der Waals surface area (Å²) in [6.07, 6.45) is 0. The lowest BCUT2D eigenvalue weighted by Crippen LogP contribution is -2.07. The highest BCUT2D eigenvalue weighted by Crippen LogP contribution is 1.92. The average molecular weight is 112 g/mol. The molecule has 0 N–H and O–H groups in total. The van der Waals surface area contributed by atoms with E-state index in [-0.39, 0.29) is 0 Å². The van der Waals surface area contributed by atoms with E-state index in [4.69, 9.17) is 0 Å². The highest BCUT2D eigenvalue weighted by molar-refractivity contribution is 6.35. The number of amides is 2. The molecule has 0 saturated heterocycles. The maximum Gasteiger partial charge on any atom is 0.358 e. The van der Waals surface area contributed by atoms with Crippen molar-refractivity contribution in [3.05, 3.63) is 0 Å². The van der Waals surface area contributed by atoms with Crippen molar-refractivity contribution in [2.45, 2.75) is 0 Å². The van der Waals surface area contributed by atoms with Crippen molar-refractivity contribution in [3.63, 3.8) is 0 Å². The van der Waals surface area contributed by atoms with Gasteiger partial charge in [-0.2, -0.15) is 0 Å². The number of hydrogen-bond acceptors (Lipinski definition) is 4. The van der Waals surface area contributed by atoms with E-state index in [1.54, 1.807) is 0 Å². The Morgan fingerprint density at radius 2 is 1.25 bits per heavy atom. The van der Waals surface area contributed by atoms with Crippen LogP contribution in [-0.4, -0.2) is 11.8 Å². The van der Waals surface area contributed by atoms with Crippen LogP contribution in [0.5, 0.6) is 0 Å². The van der Waals surface area contributed by atoms with Gasteiger partial charge < -0.3 is 0 Å². The second kappa shape index (κ2) is 1.57. The average Bonchev–Trinajstić information content (AvgIpc) is 1.77. The molecule has 0 fully saturated rings. The summed E-state index contributed by atoms with van der Waals surface area (Å²) in [4.78, 5) is 20.1. The van der Waals surface area contributed by atoms with Crippen molar-refractivity contribution in [1.82, 2.24) is 0 Å². The molecule has 0 saturated carbocycles. The number of carbonyl (C=O) groups is 2. The fourth-order valence-electron chi connectivity index (χ4n) is 0.207. The summed E-state index contributed by atoms with van der Waals surface area (Å²) >= 11 is 0. The van der Waals surface area contributed by atoms with Crippen LogP contribution in [0.1, 0.15) is 0 Å². The predicted octanol–water partition coefficient (Wildman–Crippen LogP) is -0.127. The molecule has 1 aliphatic heterocycles. The Bertz CT molecular complexity index is 170. The summed E-state index contributed by atoms with van der Waals surface area (Å²) in [7, 11) is 0. The summed E-state index contributed by atoms with van der Waals surface area (Å²) in [6.45, 7) is 0. The third kappa shape index (κ3) is 0.625. The van der Waals surface area contributed by atoms with Gasteiger partial charge >= 0.3 is 11.8 Å². The maximum atomic E-state index is 10.0. The van der Waals surface area contributed by atoms with Crippen LogP contribution in [0.15, 0.2) is 20.7 Å². The van der Waals surface area contributed by atoms with E-state index < -0.39 is 11.8 Å². The number of rotatable bonds is 0. The number of hydrogen-bond donors (Lipinski definition) is 0. The van der Waals surface area contributed by atoms with Crippen molar-refractivity contribution in [2.24, 2.45) is 20.7 Å². The first-order valence-electron chi connectivity index (χ1n) is 1.71. The van der Waals surface area contributed by atoms with Crippen LogP contribution in [-0.2, 0) is 9.59 Å². The van der Waals surface area contributed by atoms with Gasteiger partial charge in [-0.25, -0.2) is 0 Å². The van der Waals surface area contributed by atoms with Gasteiger partial charge in [0.1, 0.15) is 0 Å². The molecular weight excluding hydrogens is 112 g/mol. The Kier molecular flexibility index (Phi) is 0.918. The minimum absolute atomic E-state index is 0.972. The van der Waals surface area contributed by atoms with Crippen molar-refractivity contribution < 1.29 is 9.59 Å². The fraction of sp³-hybridized carbons (Fsp3) is 0. The maximum absolute atomic E-state index is 10.0. The fourth-order valence-corrected chi connectivity index (χ4v) is 0.207. The molecule has 0 unspecified atom stereocenters. The van der Waals surface area contributed by atoms with Crippen LogP contribution in [0.4, 0.5) is 0 Å². The SMILES string of the molecule is O=C1N=NN=NC1=O. The molecule has 0 aromatic rings. The highest BCUT2D eigenvalue weighted by atomic mass is 16.2. The molecule has 40 valence electrons. The summed E-state index contributed by atoms with van der Waals surface area (Å²) < 4.78 is 0. The molecule has 0 aromatic heterocycles. The minimum Gasteiger partial charge on any atom is -0.259 e. The van der Waals surface area contributed by atoms with Crippen molar-refractivity contribution in [3.8, 4) is 0 Å². The minimum atomic E-state index is -0.972. The standard InChI is InChI=1S/C2N4O2/c7-1-2(8)4-6-5-3-1. The summed E-state index contributed by atoms with van der Waals surface area (Å²) in [5.74, 6) is -1.94. The lowest BCUT2D eigenvalue weighted by molar-refractivity contribution is -0.136. The molecule has 2 amide bonds. The number of carbonyl (C=O) groups excluding carboxylic acids is 2. The lowest BCUT2D eigenvalue weighted by Gasteiger charge is -1.83. The zero-order chi connectivity index (χ0) is 5.98. The van der Waals surface area contributed by atoms with Crippen molar-refractivity contribution in [1.29, 1.82) is 0 Å². The van der Waals surface area contributed by atoms with E-state index in [9.17, 15) is 9.59 Å². The second-order valence-electron chi connectivity index (χ2n) is 0.989. The number of nitrogens with zero attached hydrogens (tertiary/aromatic N) is 4. The first-order valence-corrected chi connectivity index (χ1v) is 1.71. The molecule has 0 bridgehead atoms. The smallest absolute Gasteiger partial charge is 0.259 e. The molecule has 1 heterocycles. The van der Waals surface area contributed by atoms with Crippen molar-refractivity contribution >= 4 is 11.8 Å². The molecule has 0 spiro atoms. The molecule has 0 atom stereocenters.